The zero-order valence-electron chi connectivity index (χ0n) is 10.8. The highest BCUT2D eigenvalue weighted by Gasteiger charge is 2.25. The third-order valence-electron chi connectivity index (χ3n) is 4.06. The van der Waals surface area contributed by atoms with E-state index >= 15 is 0 Å². The molecule has 0 bridgehead atoms. The number of ether oxygens (including phenoxy) is 1. The molecule has 0 saturated carbocycles. The molecular formula is C14H16N4O. The van der Waals surface area contributed by atoms with Crippen molar-refractivity contribution >= 4 is 22.1 Å². The summed E-state index contributed by atoms with van der Waals surface area (Å²) in [6.45, 7) is 3.08. The van der Waals surface area contributed by atoms with Crippen molar-refractivity contribution in [1.82, 2.24) is 19.5 Å². The summed E-state index contributed by atoms with van der Waals surface area (Å²) in [5.41, 5.74) is 3.00. The van der Waals surface area contributed by atoms with Gasteiger partial charge < -0.3 is 14.3 Å². The van der Waals surface area contributed by atoms with Gasteiger partial charge in [-0.05, 0) is 25.8 Å². The van der Waals surface area contributed by atoms with Crippen LogP contribution in [0.1, 0.15) is 25.8 Å². The molecule has 1 aliphatic heterocycles. The summed E-state index contributed by atoms with van der Waals surface area (Å²) >= 11 is 0. The quantitative estimate of drug-likeness (QED) is 0.767. The van der Waals surface area contributed by atoms with E-state index in [-0.39, 0.29) is 0 Å². The number of hydrogen-bond donors (Lipinski definition) is 1. The van der Waals surface area contributed by atoms with Crippen LogP contribution in [0, 0.1) is 0 Å². The third kappa shape index (κ3) is 1.58. The average molecular weight is 256 g/mol. The largest absolute Gasteiger partial charge is 0.376 e. The van der Waals surface area contributed by atoms with Crippen LogP contribution in [-0.4, -0.2) is 32.2 Å². The van der Waals surface area contributed by atoms with Crippen LogP contribution in [0.2, 0.25) is 0 Å². The molecule has 5 nitrogen and oxygen atoms in total. The van der Waals surface area contributed by atoms with Crippen molar-refractivity contribution in [3.8, 4) is 0 Å². The molecule has 0 amide bonds. The van der Waals surface area contributed by atoms with Crippen LogP contribution in [0.3, 0.4) is 0 Å². The SMILES string of the molecule is CC(C1CCCO1)n1cnc2cnc3[nH]ccc3c21. The average Bonchev–Trinajstić information content (AvgIpc) is 3.16. The molecule has 0 aromatic carbocycles. The molecule has 1 N–H and O–H groups in total. The highest BCUT2D eigenvalue weighted by molar-refractivity contribution is 6.00. The summed E-state index contributed by atoms with van der Waals surface area (Å²) in [6, 6.07) is 2.36. The van der Waals surface area contributed by atoms with E-state index in [0.717, 1.165) is 41.5 Å². The van der Waals surface area contributed by atoms with Crippen molar-refractivity contribution in [3.63, 3.8) is 0 Å². The second-order valence-corrected chi connectivity index (χ2v) is 5.18. The van der Waals surface area contributed by atoms with Gasteiger partial charge in [-0.3, -0.25) is 0 Å². The first-order valence-corrected chi connectivity index (χ1v) is 6.75. The molecule has 1 saturated heterocycles. The lowest BCUT2D eigenvalue weighted by atomic mass is 10.1. The molecule has 2 atom stereocenters. The van der Waals surface area contributed by atoms with E-state index in [2.05, 4.69) is 32.5 Å². The first-order valence-electron chi connectivity index (χ1n) is 6.75. The maximum absolute atomic E-state index is 5.81. The molecule has 4 rings (SSSR count). The molecule has 1 aliphatic rings. The number of aromatic nitrogens is 4. The second kappa shape index (κ2) is 4.06. The molecule has 2 unspecified atom stereocenters. The first kappa shape index (κ1) is 11.0. The van der Waals surface area contributed by atoms with E-state index in [9.17, 15) is 0 Å². The zero-order chi connectivity index (χ0) is 12.8. The molecule has 0 radical (unpaired) electrons. The summed E-state index contributed by atoms with van der Waals surface area (Å²) in [5, 5.41) is 1.12. The molecule has 3 aromatic rings. The number of pyridine rings is 1. The summed E-state index contributed by atoms with van der Waals surface area (Å²) in [6.07, 6.45) is 8.23. The van der Waals surface area contributed by atoms with Crippen LogP contribution >= 0.6 is 0 Å². The number of H-pyrrole nitrogens is 1. The summed E-state index contributed by atoms with van der Waals surface area (Å²) in [5.74, 6) is 0. The summed E-state index contributed by atoms with van der Waals surface area (Å²) in [7, 11) is 0. The number of hydrogen-bond acceptors (Lipinski definition) is 3. The normalized spacial score (nSPS) is 21.4. The van der Waals surface area contributed by atoms with Crippen molar-refractivity contribution in [1.29, 1.82) is 0 Å². The van der Waals surface area contributed by atoms with Gasteiger partial charge >= 0.3 is 0 Å². The van der Waals surface area contributed by atoms with Crippen LogP contribution in [0.15, 0.2) is 24.8 Å². The Morgan fingerprint density at radius 2 is 2.42 bits per heavy atom. The van der Waals surface area contributed by atoms with Crippen molar-refractivity contribution in [2.45, 2.75) is 31.9 Å². The highest BCUT2D eigenvalue weighted by atomic mass is 16.5. The Hall–Kier alpha value is -1.88. The standard InChI is InChI=1S/C14H16N4O/c1-9(12-3-2-6-19-12)18-8-17-11-7-16-14-10(13(11)18)4-5-15-14/h4-5,7-9,12H,2-3,6H2,1H3,(H,15,16). The fourth-order valence-corrected chi connectivity index (χ4v) is 3.00. The minimum atomic E-state index is 0.291. The van der Waals surface area contributed by atoms with Gasteiger partial charge in [-0.1, -0.05) is 0 Å². The maximum atomic E-state index is 5.81. The predicted octanol–water partition coefficient (Wildman–Crippen LogP) is 2.65. The molecule has 98 valence electrons. The molecule has 0 spiro atoms. The van der Waals surface area contributed by atoms with Crippen molar-refractivity contribution in [2.24, 2.45) is 0 Å². The third-order valence-corrected chi connectivity index (χ3v) is 4.06. The van der Waals surface area contributed by atoms with Gasteiger partial charge in [0.2, 0.25) is 0 Å². The van der Waals surface area contributed by atoms with Gasteiger partial charge in [-0.25, -0.2) is 9.97 Å². The lowest BCUT2D eigenvalue weighted by Crippen LogP contribution is -2.20. The van der Waals surface area contributed by atoms with Gasteiger partial charge in [0.15, 0.2) is 0 Å². The Bertz CT molecular complexity index is 723. The minimum Gasteiger partial charge on any atom is -0.376 e. The van der Waals surface area contributed by atoms with Crippen LogP contribution in [0.4, 0.5) is 0 Å². The number of rotatable bonds is 2. The molecule has 19 heavy (non-hydrogen) atoms. The van der Waals surface area contributed by atoms with E-state index in [0.29, 0.717) is 12.1 Å². The number of nitrogens with one attached hydrogen (secondary N) is 1. The first-order chi connectivity index (χ1) is 9.34. The number of fused-ring (bicyclic) bond motifs is 3. The summed E-state index contributed by atoms with van der Waals surface area (Å²) in [4.78, 5) is 12.0. The molecule has 5 heteroatoms. The van der Waals surface area contributed by atoms with E-state index in [4.69, 9.17) is 4.74 Å². The van der Waals surface area contributed by atoms with E-state index in [1.807, 2.05) is 18.7 Å². The number of nitrogens with zero attached hydrogens (tertiary/aromatic N) is 3. The topological polar surface area (TPSA) is 55.7 Å². The Morgan fingerprint density at radius 1 is 1.47 bits per heavy atom. The van der Waals surface area contributed by atoms with Gasteiger partial charge in [-0.2, -0.15) is 0 Å². The van der Waals surface area contributed by atoms with Gasteiger partial charge in [-0.15, -0.1) is 0 Å². The van der Waals surface area contributed by atoms with Crippen molar-refractivity contribution in [2.75, 3.05) is 6.61 Å². The van der Waals surface area contributed by atoms with E-state index in [1.54, 1.807) is 0 Å². The lowest BCUT2D eigenvalue weighted by molar-refractivity contribution is 0.0745. The molecular weight excluding hydrogens is 240 g/mol. The number of imidazole rings is 1. The van der Waals surface area contributed by atoms with Crippen LogP contribution < -0.4 is 0 Å². The van der Waals surface area contributed by atoms with E-state index in [1.165, 1.54) is 0 Å². The monoisotopic (exact) mass is 256 g/mol. The van der Waals surface area contributed by atoms with Crippen LogP contribution in [0.25, 0.3) is 22.1 Å². The predicted molar refractivity (Wildman–Crippen MR) is 73.1 cm³/mol. The summed E-state index contributed by atoms with van der Waals surface area (Å²) < 4.78 is 8.03. The Balaban J connectivity index is 1.91. The van der Waals surface area contributed by atoms with E-state index < -0.39 is 0 Å². The maximum Gasteiger partial charge on any atom is 0.139 e. The molecule has 3 aromatic heterocycles. The minimum absolute atomic E-state index is 0.291. The zero-order valence-corrected chi connectivity index (χ0v) is 10.8. The van der Waals surface area contributed by atoms with Gasteiger partial charge in [0.25, 0.3) is 0 Å². The Morgan fingerprint density at radius 3 is 3.26 bits per heavy atom. The van der Waals surface area contributed by atoms with Crippen LogP contribution in [0.5, 0.6) is 0 Å². The van der Waals surface area contributed by atoms with Gasteiger partial charge in [0.1, 0.15) is 11.2 Å². The molecule has 1 fully saturated rings. The van der Waals surface area contributed by atoms with Gasteiger partial charge in [0.05, 0.1) is 30.2 Å². The second-order valence-electron chi connectivity index (χ2n) is 5.18. The fraction of sp³-hybridized carbons (Fsp3) is 0.429. The van der Waals surface area contributed by atoms with Crippen LogP contribution in [-0.2, 0) is 4.74 Å². The molecule has 0 aliphatic carbocycles. The Labute approximate surface area is 110 Å². The smallest absolute Gasteiger partial charge is 0.139 e. The lowest BCUT2D eigenvalue weighted by Gasteiger charge is -2.20. The van der Waals surface area contributed by atoms with Crippen molar-refractivity contribution in [3.05, 3.63) is 24.8 Å². The molecule has 4 heterocycles. The number of aromatic amines is 1. The fourth-order valence-electron chi connectivity index (χ4n) is 3.00. The van der Waals surface area contributed by atoms with Gasteiger partial charge in [0, 0.05) is 18.2 Å². The van der Waals surface area contributed by atoms with Crippen molar-refractivity contribution < 1.29 is 4.74 Å². The Kier molecular flexibility index (Phi) is 2.35. The highest BCUT2D eigenvalue weighted by Crippen LogP contribution is 2.30.